The third-order valence-corrected chi connectivity index (χ3v) is 9.16. The zero-order valence-electron chi connectivity index (χ0n) is 22.7. The van der Waals surface area contributed by atoms with Gasteiger partial charge in [-0.05, 0) is 75.2 Å². The van der Waals surface area contributed by atoms with Crippen LogP contribution < -0.4 is 9.62 Å². The summed E-state index contributed by atoms with van der Waals surface area (Å²) in [5.74, 6) is -0.962. The van der Waals surface area contributed by atoms with Crippen LogP contribution in [-0.4, -0.2) is 44.3 Å². The zero-order valence-corrected chi connectivity index (χ0v) is 25.8. The third kappa shape index (κ3) is 7.29. The molecule has 0 saturated heterocycles. The highest BCUT2D eigenvalue weighted by molar-refractivity contribution is 7.92. The van der Waals surface area contributed by atoms with Crippen LogP contribution in [0.3, 0.4) is 0 Å². The molecule has 7 nitrogen and oxygen atoms in total. The summed E-state index contributed by atoms with van der Waals surface area (Å²) in [7, 11) is -4.20. The van der Waals surface area contributed by atoms with Gasteiger partial charge in [0.25, 0.3) is 10.0 Å². The number of hydrogen-bond donors (Lipinski definition) is 1. The molecule has 40 heavy (non-hydrogen) atoms. The summed E-state index contributed by atoms with van der Waals surface area (Å²) in [4.78, 5) is 28.5. The fourth-order valence-corrected chi connectivity index (χ4v) is 6.54. The number of nitrogens with zero attached hydrogens (tertiary/aromatic N) is 2. The van der Waals surface area contributed by atoms with E-state index in [0.717, 1.165) is 9.87 Å². The van der Waals surface area contributed by atoms with E-state index in [4.69, 9.17) is 34.8 Å². The predicted octanol–water partition coefficient (Wildman–Crippen LogP) is 6.40. The van der Waals surface area contributed by atoms with E-state index in [0.29, 0.717) is 38.4 Å². The van der Waals surface area contributed by atoms with E-state index in [9.17, 15) is 18.0 Å². The van der Waals surface area contributed by atoms with Crippen molar-refractivity contribution in [2.45, 2.75) is 51.6 Å². The first-order valence-corrected chi connectivity index (χ1v) is 15.3. The van der Waals surface area contributed by atoms with Crippen molar-refractivity contribution in [1.29, 1.82) is 0 Å². The highest BCUT2D eigenvalue weighted by Gasteiger charge is 2.34. The van der Waals surface area contributed by atoms with Gasteiger partial charge in [0.15, 0.2) is 0 Å². The molecule has 214 valence electrons. The molecular formula is C29H32Cl3N3O4S. The number of nitrogens with one attached hydrogen (secondary N) is 1. The lowest BCUT2D eigenvalue weighted by Gasteiger charge is -2.34. The molecule has 0 aliphatic carbocycles. The Bertz CT molecular complexity index is 1460. The van der Waals surface area contributed by atoms with Crippen molar-refractivity contribution in [2.24, 2.45) is 0 Å². The van der Waals surface area contributed by atoms with Crippen LogP contribution in [0.25, 0.3) is 0 Å². The monoisotopic (exact) mass is 623 g/mol. The molecule has 0 aliphatic heterocycles. The second-order valence-corrected chi connectivity index (χ2v) is 12.4. The predicted molar refractivity (Wildman–Crippen MR) is 162 cm³/mol. The number of carbonyl (C=O) groups is 2. The average molecular weight is 625 g/mol. The van der Waals surface area contributed by atoms with E-state index in [1.165, 1.54) is 17.0 Å². The average Bonchev–Trinajstić information content (AvgIpc) is 2.89. The molecule has 0 bridgehead atoms. The van der Waals surface area contributed by atoms with Gasteiger partial charge in [-0.2, -0.15) is 0 Å². The van der Waals surface area contributed by atoms with Crippen molar-refractivity contribution in [2.75, 3.05) is 17.4 Å². The SMILES string of the molecule is CCNC(=O)[C@H](CC)N(Cc1c(Cl)cccc1Cl)C(=O)CN(c1ccc(Cl)cc1C)S(=O)(=O)c1ccc(C)cc1. The lowest BCUT2D eigenvalue weighted by Crippen LogP contribution is -2.52. The van der Waals surface area contributed by atoms with Gasteiger partial charge in [-0.25, -0.2) is 8.42 Å². The van der Waals surface area contributed by atoms with Gasteiger partial charge in [0, 0.05) is 33.7 Å². The molecule has 0 saturated carbocycles. The number of aryl methyl sites for hydroxylation is 2. The molecule has 0 unspecified atom stereocenters. The van der Waals surface area contributed by atoms with E-state index < -0.39 is 28.5 Å². The van der Waals surface area contributed by atoms with E-state index in [1.807, 2.05) is 6.92 Å². The Labute approximate surface area is 251 Å². The topological polar surface area (TPSA) is 86.8 Å². The minimum atomic E-state index is -4.20. The molecule has 2 amide bonds. The minimum absolute atomic E-state index is 0.0247. The third-order valence-electron chi connectivity index (χ3n) is 6.44. The Kier molecular flexibility index (Phi) is 10.9. The lowest BCUT2D eigenvalue weighted by atomic mass is 10.1. The Morgan fingerprint density at radius 3 is 2.10 bits per heavy atom. The number of halogens is 3. The van der Waals surface area contributed by atoms with Crippen molar-refractivity contribution in [1.82, 2.24) is 10.2 Å². The molecule has 1 atom stereocenters. The van der Waals surface area contributed by atoms with Gasteiger partial charge in [-0.15, -0.1) is 0 Å². The number of amides is 2. The molecule has 3 aromatic carbocycles. The molecule has 3 aromatic rings. The van der Waals surface area contributed by atoms with Crippen LogP contribution in [0.5, 0.6) is 0 Å². The fraction of sp³-hybridized carbons (Fsp3) is 0.310. The second-order valence-electron chi connectivity index (χ2n) is 9.30. The van der Waals surface area contributed by atoms with Crippen LogP contribution in [0.2, 0.25) is 15.1 Å². The normalized spacial score (nSPS) is 12.1. The molecule has 0 fully saturated rings. The van der Waals surface area contributed by atoms with Crippen LogP contribution >= 0.6 is 34.8 Å². The summed E-state index contributed by atoms with van der Waals surface area (Å²) in [6.45, 7) is 6.82. The molecule has 0 aromatic heterocycles. The van der Waals surface area contributed by atoms with Gasteiger partial charge in [0.2, 0.25) is 11.8 Å². The Balaban J connectivity index is 2.13. The summed E-state index contributed by atoms with van der Waals surface area (Å²) in [6, 6.07) is 15.2. The molecule has 0 heterocycles. The van der Waals surface area contributed by atoms with Crippen LogP contribution in [-0.2, 0) is 26.2 Å². The van der Waals surface area contributed by atoms with Crippen molar-refractivity contribution in [3.63, 3.8) is 0 Å². The van der Waals surface area contributed by atoms with Crippen molar-refractivity contribution >= 4 is 62.3 Å². The highest BCUT2D eigenvalue weighted by atomic mass is 35.5. The second kappa shape index (κ2) is 13.7. The van der Waals surface area contributed by atoms with E-state index in [1.54, 1.807) is 69.3 Å². The van der Waals surface area contributed by atoms with Crippen molar-refractivity contribution in [3.8, 4) is 0 Å². The summed E-state index contributed by atoms with van der Waals surface area (Å²) in [6.07, 6.45) is 0.282. The standard InChI is InChI=1S/C29H32Cl3N3O4S/c1-5-26(29(37)33-6-2)34(17-23-24(31)8-7-9-25(23)32)28(36)18-35(27-15-12-21(30)16-20(27)4)40(38,39)22-13-10-19(3)11-14-22/h7-16,26H,5-6,17-18H2,1-4H3,(H,33,37)/t26-/m0/s1. The first-order chi connectivity index (χ1) is 18.9. The molecule has 1 N–H and O–H groups in total. The lowest BCUT2D eigenvalue weighted by molar-refractivity contribution is -0.140. The first kappa shape index (κ1) is 31.7. The Morgan fingerprint density at radius 2 is 1.55 bits per heavy atom. The van der Waals surface area contributed by atoms with E-state index >= 15 is 0 Å². The maximum Gasteiger partial charge on any atom is 0.264 e. The number of likely N-dealkylation sites (N-methyl/N-ethyl adjacent to an activating group) is 1. The molecule has 3 rings (SSSR count). The van der Waals surface area contributed by atoms with E-state index in [-0.39, 0.29) is 23.8 Å². The Morgan fingerprint density at radius 1 is 0.925 bits per heavy atom. The van der Waals surface area contributed by atoms with Crippen molar-refractivity contribution < 1.29 is 18.0 Å². The summed E-state index contributed by atoms with van der Waals surface area (Å²) < 4.78 is 29.0. The highest BCUT2D eigenvalue weighted by Crippen LogP contribution is 2.31. The van der Waals surface area contributed by atoms with Crippen LogP contribution in [0.4, 0.5) is 5.69 Å². The maximum absolute atomic E-state index is 14.1. The number of sulfonamides is 1. The Hall–Kier alpha value is -2.78. The minimum Gasteiger partial charge on any atom is -0.355 e. The summed E-state index contributed by atoms with van der Waals surface area (Å²) >= 11 is 19.0. The van der Waals surface area contributed by atoms with Gasteiger partial charge in [-0.3, -0.25) is 13.9 Å². The molecular weight excluding hydrogens is 593 g/mol. The van der Waals surface area contributed by atoms with Gasteiger partial charge in [0.05, 0.1) is 10.6 Å². The number of rotatable bonds is 11. The number of anilines is 1. The first-order valence-electron chi connectivity index (χ1n) is 12.8. The number of hydrogen-bond acceptors (Lipinski definition) is 4. The molecule has 0 aliphatic rings. The fourth-order valence-electron chi connectivity index (χ4n) is 4.31. The molecule has 0 radical (unpaired) electrons. The van der Waals surface area contributed by atoms with Gasteiger partial charge in [-0.1, -0.05) is 65.5 Å². The summed E-state index contributed by atoms with van der Waals surface area (Å²) in [5.41, 5.74) is 2.20. The van der Waals surface area contributed by atoms with Gasteiger partial charge >= 0.3 is 0 Å². The summed E-state index contributed by atoms with van der Waals surface area (Å²) in [5, 5.41) is 3.85. The van der Waals surface area contributed by atoms with Crippen molar-refractivity contribution in [3.05, 3.63) is 92.4 Å². The van der Waals surface area contributed by atoms with E-state index in [2.05, 4.69) is 5.32 Å². The molecule has 0 spiro atoms. The maximum atomic E-state index is 14.1. The largest absolute Gasteiger partial charge is 0.355 e. The van der Waals surface area contributed by atoms with Gasteiger partial charge < -0.3 is 10.2 Å². The smallest absolute Gasteiger partial charge is 0.264 e. The van der Waals surface area contributed by atoms with Crippen LogP contribution in [0.15, 0.2) is 65.6 Å². The quantitative estimate of drug-likeness (QED) is 0.267. The zero-order chi connectivity index (χ0) is 29.6. The number of carbonyl (C=O) groups excluding carboxylic acids is 2. The molecule has 11 heteroatoms. The number of benzene rings is 3. The van der Waals surface area contributed by atoms with Gasteiger partial charge in [0.1, 0.15) is 12.6 Å². The van der Waals surface area contributed by atoms with Crippen LogP contribution in [0, 0.1) is 13.8 Å². The van der Waals surface area contributed by atoms with Crippen LogP contribution in [0.1, 0.15) is 37.0 Å².